The molecule has 0 unspecified atom stereocenters. The summed E-state index contributed by atoms with van der Waals surface area (Å²) in [5.41, 5.74) is 1.45. The Morgan fingerprint density at radius 2 is 1.75 bits per heavy atom. The summed E-state index contributed by atoms with van der Waals surface area (Å²) < 4.78 is 27.4. The van der Waals surface area contributed by atoms with E-state index in [1.807, 2.05) is 6.92 Å². The molecule has 1 N–H and O–H groups in total. The standard InChI is InChI=1S/C21H33N3O3S/c1-16-11-17(2)14-23(13-16)15-21(25)22-20-12-19(8-7-18(20)3)28(26,27)24-9-5-4-6-10-24/h7-8,12,16-17H,4-6,9-11,13-15H2,1-3H3,(H,22,25)/t16-,17+. The third kappa shape index (κ3) is 5.13. The van der Waals surface area contributed by atoms with Gasteiger partial charge in [-0.05, 0) is 55.7 Å². The minimum Gasteiger partial charge on any atom is -0.325 e. The molecule has 0 radical (unpaired) electrons. The van der Waals surface area contributed by atoms with Crippen LogP contribution in [0.25, 0.3) is 0 Å². The van der Waals surface area contributed by atoms with Crippen molar-refractivity contribution in [3.8, 4) is 0 Å². The van der Waals surface area contributed by atoms with Crippen LogP contribution in [0.15, 0.2) is 23.1 Å². The number of amides is 1. The Morgan fingerprint density at radius 3 is 2.39 bits per heavy atom. The van der Waals surface area contributed by atoms with Crippen LogP contribution in [0.3, 0.4) is 0 Å². The van der Waals surface area contributed by atoms with E-state index < -0.39 is 10.0 Å². The largest absolute Gasteiger partial charge is 0.325 e. The van der Waals surface area contributed by atoms with E-state index in [1.54, 1.807) is 22.5 Å². The molecule has 0 aliphatic carbocycles. The highest BCUT2D eigenvalue weighted by molar-refractivity contribution is 7.89. The number of benzene rings is 1. The van der Waals surface area contributed by atoms with Gasteiger partial charge in [-0.25, -0.2) is 8.42 Å². The molecule has 1 aromatic carbocycles. The summed E-state index contributed by atoms with van der Waals surface area (Å²) in [5, 5.41) is 2.94. The van der Waals surface area contributed by atoms with Gasteiger partial charge in [-0.15, -0.1) is 0 Å². The van der Waals surface area contributed by atoms with Gasteiger partial charge in [0.25, 0.3) is 0 Å². The van der Waals surface area contributed by atoms with Crippen LogP contribution in [0.5, 0.6) is 0 Å². The lowest BCUT2D eigenvalue weighted by Gasteiger charge is -2.34. The van der Waals surface area contributed by atoms with E-state index in [0.717, 1.165) is 37.9 Å². The average molecular weight is 408 g/mol. The van der Waals surface area contributed by atoms with Gasteiger partial charge in [0.05, 0.1) is 11.4 Å². The number of piperidine rings is 2. The third-order valence-corrected chi connectivity index (χ3v) is 7.64. The van der Waals surface area contributed by atoms with Gasteiger partial charge in [-0.2, -0.15) is 4.31 Å². The van der Waals surface area contributed by atoms with Crippen LogP contribution in [0.2, 0.25) is 0 Å². The highest BCUT2D eigenvalue weighted by Gasteiger charge is 2.27. The van der Waals surface area contributed by atoms with Crippen molar-refractivity contribution in [1.82, 2.24) is 9.21 Å². The summed E-state index contributed by atoms with van der Waals surface area (Å²) in [4.78, 5) is 15.0. The molecule has 0 bridgehead atoms. The van der Waals surface area contributed by atoms with E-state index in [9.17, 15) is 13.2 Å². The lowest BCUT2D eigenvalue weighted by atomic mass is 9.92. The zero-order valence-corrected chi connectivity index (χ0v) is 18.1. The fourth-order valence-corrected chi connectivity index (χ4v) is 6.01. The molecule has 1 aromatic rings. The van der Waals surface area contributed by atoms with Gasteiger partial charge < -0.3 is 5.32 Å². The van der Waals surface area contributed by atoms with Crippen molar-refractivity contribution in [1.29, 1.82) is 0 Å². The number of likely N-dealkylation sites (tertiary alicyclic amines) is 1. The Morgan fingerprint density at radius 1 is 1.11 bits per heavy atom. The molecular formula is C21H33N3O3S. The summed E-state index contributed by atoms with van der Waals surface area (Å²) in [7, 11) is -3.51. The predicted molar refractivity (Wildman–Crippen MR) is 112 cm³/mol. The Hall–Kier alpha value is -1.44. The Balaban J connectivity index is 1.70. The number of sulfonamides is 1. The highest BCUT2D eigenvalue weighted by atomic mass is 32.2. The van der Waals surface area contributed by atoms with E-state index >= 15 is 0 Å². The third-order valence-electron chi connectivity index (χ3n) is 5.75. The van der Waals surface area contributed by atoms with Crippen LogP contribution in [-0.2, 0) is 14.8 Å². The van der Waals surface area contributed by atoms with Gasteiger partial charge in [0.2, 0.25) is 15.9 Å². The maximum absolute atomic E-state index is 12.9. The number of carbonyl (C=O) groups excluding carboxylic acids is 1. The number of anilines is 1. The summed E-state index contributed by atoms with van der Waals surface area (Å²) in [6, 6.07) is 5.03. The van der Waals surface area contributed by atoms with Gasteiger partial charge in [-0.3, -0.25) is 9.69 Å². The van der Waals surface area contributed by atoms with Gasteiger partial charge in [0, 0.05) is 31.9 Å². The SMILES string of the molecule is Cc1ccc(S(=O)(=O)N2CCCCC2)cc1NC(=O)CN1C[C@H](C)C[C@H](C)C1. The van der Waals surface area contributed by atoms with Crippen LogP contribution in [0.4, 0.5) is 5.69 Å². The lowest BCUT2D eigenvalue weighted by Crippen LogP contribution is -2.42. The molecule has 2 aliphatic heterocycles. The van der Waals surface area contributed by atoms with E-state index in [2.05, 4.69) is 24.1 Å². The normalized spacial score (nSPS) is 24.8. The number of nitrogens with zero attached hydrogens (tertiary/aromatic N) is 2. The van der Waals surface area contributed by atoms with Crippen LogP contribution in [0.1, 0.15) is 45.1 Å². The second-order valence-electron chi connectivity index (χ2n) is 8.63. The van der Waals surface area contributed by atoms with Crippen molar-refractivity contribution in [2.45, 2.75) is 51.3 Å². The van der Waals surface area contributed by atoms with Crippen molar-refractivity contribution < 1.29 is 13.2 Å². The second-order valence-corrected chi connectivity index (χ2v) is 10.6. The van der Waals surface area contributed by atoms with Crippen molar-refractivity contribution in [3.63, 3.8) is 0 Å². The summed E-state index contributed by atoms with van der Waals surface area (Å²) >= 11 is 0. The monoisotopic (exact) mass is 407 g/mol. The number of hydrogen-bond donors (Lipinski definition) is 1. The van der Waals surface area contributed by atoms with Gasteiger partial charge >= 0.3 is 0 Å². The molecule has 6 nitrogen and oxygen atoms in total. The van der Waals surface area contributed by atoms with Crippen molar-refractivity contribution in [3.05, 3.63) is 23.8 Å². The maximum Gasteiger partial charge on any atom is 0.243 e. The molecule has 2 fully saturated rings. The Labute approximate surface area is 169 Å². The first kappa shape index (κ1) is 21.3. The van der Waals surface area contributed by atoms with Crippen LogP contribution < -0.4 is 5.32 Å². The molecule has 0 aromatic heterocycles. The van der Waals surface area contributed by atoms with E-state index in [-0.39, 0.29) is 10.8 Å². The Bertz CT molecular complexity index is 793. The molecule has 2 heterocycles. The number of rotatable bonds is 5. The quantitative estimate of drug-likeness (QED) is 0.814. The molecule has 2 atom stereocenters. The smallest absolute Gasteiger partial charge is 0.243 e. The van der Waals surface area contributed by atoms with E-state index in [4.69, 9.17) is 0 Å². The molecule has 28 heavy (non-hydrogen) atoms. The number of aryl methyl sites for hydroxylation is 1. The zero-order valence-electron chi connectivity index (χ0n) is 17.3. The van der Waals surface area contributed by atoms with Gasteiger partial charge in [0.15, 0.2) is 0 Å². The molecule has 0 spiro atoms. The second kappa shape index (κ2) is 8.93. The molecular weight excluding hydrogens is 374 g/mol. The number of nitrogens with one attached hydrogen (secondary N) is 1. The number of carbonyl (C=O) groups is 1. The average Bonchev–Trinajstić information content (AvgIpc) is 2.63. The first-order valence-corrected chi connectivity index (χ1v) is 11.8. The maximum atomic E-state index is 12.9. The zero-order chi connectivity index (χ0) is 20.3. The van der Waals surface area contributed by atoms with Crippen molar-refractivity contribution in [2.75, 3.05) is 38.0 Å². The lowest BCUT2D eigenvalue weighted by molar-refractivity contribution is -0.117. The molecule has 2 saturated heterocycles. The van der Waals surface area contributed by atoms with Crippen LogP contribution >= 0.6 is 0 Å². The van der Waals surface area contributed by atoms with E-state index in [0.29, 0.717) is 37.2 Å². The molecule has 1 amide bonds. The fraction of sp³-hybridized carbons (Fsp3) is 0.667. The van der Waals surface area contributed by atoms with Crippen molar-refractivity contribution in [2.24, 2.45) is 11.8 Å². The Kier molecular flexibility index (Phi) is 6.78. The number of hydrogen-bond acceptors (Lipinski definition) is 4. The van der Waals surface area contributed by atoms with E-state index in [1.165, 1.54) is 6.42 Å². The van der Waals surface area contributed by atoms with Crippen molar-refractivity contribution >= 4 is 21.6 Å². The minimum absolute atomic E-state index is 0.0862. The summed E-state index contributed by atoms with van der Waals surface area (Å²) in [6.45, 7) is 9.68. The summed E-state index contributed by atoms with van der Waals surface area (Å²) in [6.07, 6.45) is 4.09. The molecule has 0 saturated carbocycles. The highest BCUT2D eigenvalue weighted by Crippen LogP contribution is 2.25. The van der Waals surface area contributed by atoms with Crippen LogP contribution in [0, 0.1) is 18.8 Å². The van der Waals surface area contributed by atoms with Gasteiger partial charge in [0.1, 0.15) is 0 Å². The molecule has 3 rings (SSSR count). The first-order valence-electron chi connectivity index (χ1n) is 10.4. The molecule has 7 heteroatoms. The topological polar surface area (TPSA) is 69.7 Å². The summed E-state index contributed by atoms with van der Waals surface area (Å²) in [5.74, 6) is 1.10. The predicted octanol–water partition coefficient (Wildman–Crippen LogP) is 3.09. The fourth-order valence-electron chi connectivity index (χ4n) is 4.46. The minimum atomic E-state index is -3.51. The van der Waals surface area contributed by atoms with Crippen LogP contribution in [-0.4, -0.2) is 56.3 Å². The van der Waals surface area contributed by atoms with Gasteiger partial charge in [-0.1, -0.05) is 26.3 Å². The molecule has 156 valence electrons. The first-order chi connectivity index (χ1) is 13.3. The molecule has 2 aliphatic rings.